The molecule has 0 unspecified atom stereocenters. The lowest BCUT2D eigenvalue weighted by Gasteiger charge is -2.27. The van der Waals surface area contributed by atoms with Gasteiger partial charge in [-0.25, -0.2) is 9.59 Å². The lowest BCUT2D eigenvalue weighted by atomic mass is 9.99. The Morgan fingerprint density at radius 3 is 2.28 bits per heavy atom. The summed E-state index contributed by atoms with van der Waals surface area (Å²) in [4.78, 5) is 22.8. The number of rotatable bonds is 6. The quantitative estimate of drug-likeness (QED) is 0.680. The molecule has 1 aliphatic carbocycles. The Bertz CT molecular complexity index is 322. The number of amides is 2. The van der Waals surface area contributed by atoms with Crippen LogP contribution in [0.15, 0.2) is 0 Å². The van der Waals surface area contributed by atoms with E-state index in [9.17, 15) is 9.59 Å². The largest absolute Gasteiger partial charge is 0.480 e. The summed E-state index contributed by atoms with van der Waals surface area (Å²) >= 11 is 0. The fourth-order valence-corrected chi connectivity index (χ4v) is 2.09. The van der Waals surface area contributed by atoms with Crippen molar-refractivity contribution in [3.63, 3.8) is 0 Å². The van der Waals surface area contributed by atoms with E-state index in [1.54, 1.807) is 0 Å². The molecule has 5 nitrogen and oxygen atoms in total. The molecule has 0 aromatic heterocycles. The third-order valence-electron chi connectivity index (χ3n) is 3.34. The maximum absolute atomic E-state index is 11.8. The van der Waals surface area contributed by atoms with Crippen LogP contribution in [0.5, 0.6) is 0 Å². The van der Waals surface area contributed by atoms with Gasteiger partial charge in [-0.2, -0.15) is 0 Å². The molecule has 0 aromatic carbocycles. The molecule has 18 heavy (non-hydrogen) atoms. The lowest BCUT2D eigenvalue weighted by Crippen LogP contribution is -2.53. The second kappa shape index (κ2) is 5.59. The van der Waals surface area contributed by atoms with E-state index in [1.165, 1.54) is 0 Å². The second-order valence-electron chi connectivity index (χ2n) is 6.11. The summed E-state index contributed by atoms with van der Waals surface area (Å²) in [6.07, 6.45) is 2.69. The third kappa shape index (κ3) is 4.55. The minimum absolute atomic E-state index is 0.225. The summed E-state index contributed by atoms with van der Waals surface area (Å²) in [5.41, 5.74) is -0.259. The van der Waals surface area contributed by atoms with Gasteiger partial charge in [-0.05, 0) is 44.9 Å². The molecular weight excluding hydrogens is 232 g/mol. The van der Waals surface area contributed by atoms with Crippen molar-refractivity contribution in [2.45, 2.75) is 58.5 Å². The van der Waals surface area contributed by atoms with Gasteiger partial charge in [0.05, 0.1) is 0 Å². The first kappa shape index (κ1) is 14.8. The fraction of sp³-hybridized carbons (Fsp3) is 0.846. The van der Waals surface area contributed by atoms with Gasteiger partial charge in [-0.3, -0.25) is 0 Å². The Balaban J connectivity index is 2.48. The first-order valence-corrected chi connectivity index (χ1v) is 6.54. The summed E-state index contributed by atoms with van der Waals surface area (Å²) in [5, 5.41) is 14.4. The van der Waals surface area contributed by atoms with Gasteiger partial charge in [0.1, 0.15) is 6.04 Å². The molecule has 0 bridgehead atoms. The molecule has 1 saturated carbocycles. The highest BCUT2D eigenvalue weighted by Crippen LogP contribution is 2.39. The molecule has 2 amide bonds. The molecule has 0 radical (unpaired) electrons. The molecule has 1 fully saturated rings. The van der Waals surface area contributed by atoms with Crippen molar-refractivity contribution >= 4 is 12.0 Å². The molecule has 0 aromatic rings. The predicted molar refractivity (Wildman–Crippen MR) is 69.3 cm³/mol. The van der Waals surface area contributed by atoms with Gasteiger partial charge in [0.2, 0.25) is 0 Å². The summed E-state index contributed by atoms with van der Waals surface area (Å²) < 4.78 is 0. The van der Waals surface area contributed by atoms with Crippen LogP contribution in [0.2, 0.25) is 0 Å². The van der Waals surface area contributed by atoms with E-state index in [1.807, 2.05) is 27.7 Å². The van der Waals surface area contributed by atoms with Gasteiger partial charge in [-0.1, -0.05) is 13.8 Å². The van der Waals surface area contributed by atoms with Crippen molar-refractivity contribution in [3.05, 3.63) is 0 Å². The van der Waals surface area contributed by atoms with Gasteiger partial charge < -0.3 is 15.7 Å². The topological polar surface area (TPSA) is 78.4 Å². The van der Waals surface area contributed by atoms with E-state index in [-0.39, 0.29) is 17.5 Å². The number of urea groups is 1. The molecule has 1 atom stereocenters. The zero-order valence-electron chi connectivity index (χ0n) is 11.6. The van der Waals surface area contributed by atoms with Crippen LogP contribution in [0, 0.1) is 11.8 Å². The zero-order valence-corrected chi connectivity index (χ0v) is 11.6. The van der Waals surface area contributed by atoms with E-state index in [0.717, 1.165) is 12.8 Å². The second-order valence-corrected chi connectivity index (χ2v) is 6.11. The Hall–Kier alpha value is -1.26. The van der Waals surface area contributed by atoms with Crippen molar-refractivity contribution < 1.29 is 14.7 Å². The van der Waals surface area contributed by atoms with Gasteiger partial charge in [-0.15, -0.1) is 0 Å². The van der Waals surface area contributed by atoms with Crippen LogP contribution in [0.25, 0.3) is 0 Å². The van der Waals surface area contributed by atoms with Gasteiger partial charge in [0, 0.05) is 5.54 Å². The molecule has 104 valence electrons. The average molecular weight is 256 g/mol. The Kier molecular flexibility index (Phi) is 4.59. The third-order valence-corrected chi connectivity index (χ3v) is 3.34. The SMILES string of the molecule is CC(C)C[C@H](NC(=O)NC(C)(C)C1CC1)C(=O)O. The number of nitrogens with one attached hydrogen (secondary N) is 2. The fourth-order valence-electron chi connectivity index (χ4n) is 2.09. The van der Waals surface area contributed by atoms with Gasteiger partial charge >= 0.3 is 12.0 Å². The highest BCUT2D eigenvalue weighted by molar-refractivity contribution is 5.82. The zero-order chi connectivity index (χ0) is 13.9. The molecule has 0 spiro atoms. The van der Waals surface area contributed by atoms with E-state index >= 15 is 0 Å². The number of carbonyl (C=O) groups is 2. The predicted octanol–water partition coefficient (Wildman–Crippen LogP) is 1.97. The average Bonchev–Trinajstić information content (AvgIpc) is 2.97. The summed E-state index contributed by atoms with van der Waals surface area (Å²) in [6, 6.07) is -1.21. The van der Waals surface area contributed by atoms with Crippen LogP contribution in [0.1, 0.15) is 47.0 Å². The van der Waals surface area contributed by atoms with E-state index < -0.39 is 12.0 Å². The molecule has 3 N–H and O–H groups in total. The van der Waals surface area contributed by atoms with Gasteiger partial charge in [0.15, 0.2) is 0 Å². The van der Waals surface area contributed by atoms with Crippen LogP contribution in [0.3, 0.4) is 0 Å². The number of carboxylic acids is 1. The maximum Gasteiger partial charge on any atom is 0.326 e. The molecule has 0 heterocycles. The van der Waals surface area contributed by atoms with Crippen molar-refractivity contribution in [1.82, 2.24) is 10.6 Å². The maximum atomic E-state index is 11.8. The Morgan fingerprint density at radius 1 is 1.33 bits per heavy atom. The standard InChI is InChI=1S/C13H24N2O3/c1-8(2)7-10(11(16)17)14-12(18)15-13(3,4)9-5-6-9/h8-10H,5-7H2,1-4H3,(H,16,17)(H2,14,15,18)/t10-/m0/s1. The molecular formula is C13H24N2O3. The Morgan fingerprint density at radius 2 is 1.89 bits per heavy atom. The molecule has 0 aliphatic heterocycles. The number of carbonyl (C=O) groups excluding carboxylic acids is 1. The van der Waals surface area contributed by atoms with Crippen LogP contribution in [-0.4, -0.2) is 28.7 Å². The molecule has 1 aliphatic rings. The normalized spacial score (nSPS) is 17.4. The Labute approximate surface area is 108 Å². The van der Waals surface area contributed by atoms with Crippen LogP contribution in [-0.2, 0) is 4.79 Å². The monoisotopic (exact) mass is 256 g/mol. The number of hydrogen-bond donors (Lipinski definition) is 3. The number of hydrogen-bond acceptors (Lipinski definition) is 2. The van der Waals surface area contributed by atoms with E-state index in [2.05, 4.69) is 10.6 Å². The smallest absolute Gasteiger partial charge is 0.326 e. The highest BCUT2D eigenvalue weighted by atomic mass is 16.4. The van der Waals surface area contributed by atoms with Crippen LogP contribution < -0.4 is 10.6 Å². The summed E-state index contributed by atoms with van der Waals surface area (Å²) in [6.45, 7) is 7.82. The van der Waals surface area contributed by atoms with E-state index in [4.69, 9.17) is 5.11 Å². The number of carboxylic acid groups (broad SMARTS) is 1. The first-order valence-electron chi connectivity index (χ1n) is 6.54. The van der Waals surface area contributed by atoms with Crippen molar-refractivity contribution in [1.29, 1.82) is 0 Å². The summed E-state index contributed by atoms with van der Waals surface area (Å²) in [7, 11) is 0. The molecule has 0 saturated heterocycles. The molecule has 1 rings (SSSR count). The van der Waals surface area contributed by atoms with Gasteiger partial charge in [0.25, 0.3) is 0 Å². The van der Waals surface area contributed by atoms with Crippen molar-refractivity contribution in [3.8, 4) is 0 Å². The minimum atomic E-state index is -0.983. The first-order chi connectivity index (χ1) is 8.22. The minimum Gasteiger partial charge on any atom is -0.480 e. The molecule has 5 heteroatoms. The van der Waals surface area contributed by atoms with Crippen molar-refractivity contribution in [2.24, 2.45) is 11.8 Å². The lowest BCUT2D eigenvalue weighted by molar-refractivity contribution is -0.139. The van der Waals surface area contributed by atoms with E-state index in [0.29, 0.717) is 12.3 Å². The summed E-state index contributed by atoms with van der Waals surface area (Å²) in [5.74, 6) is -0.248. The van der Waals surface area contributed by atoms with Crippen LogP contribution >= 0.6 is 0 Å². The van der Waals surface area contributed by atoms with Crippen LogP contribution in [0.4, 0.5) is 4.79 Å². The highest BCUT2D eigenvalue weighted by Gasteiger charge is 2.39. The van der Waals surface area contributed by atoms with Crippen molar-refractivity contribution in [2.75, 3.05) is 0 Å². The number of aliphatic carboxylic acids is 1.